The zero-order valence-corrected chi connectivity index (χ0v) is 17.2. The molecule has 0 spiro atoms. The third-order valence-corrected chi connectivity index (χ3v) is 6.10. The van der Waals surface area contributed by atoms with Gasteiger partial charge in [0.05, 0.1) is 6.04 Å². The van der Waals surface area contributed by atoms with Crippen molar-refractivity contribution in [1.29, 1.82) is 0 Å². The van der Waals surface area contributed by atoms with Crippen molar-refractivity contribution >= 4 is 11.7 Å². The lowest BCUT2D eigenvalue weighted by Crippen LogP contribution is -2.43. The maximum absolute atomic E-state index is 12.5. The summed E-state index contributed by atoms with van der Waals surface area (Å²) in [6.07, 6.45) is 6.01. The van der Waals surface area contributed by atoms with Crippen LogP contribution >= 0.6 is 0 Å². The van der Waals surface area contributed by atoms with Crippen LogP contribution in [0.25, 0.3) is 11.1 Å². The molecule has 2 aromatic heterocycles. The molecule has 0 bridgehead atoms. The Kier molecular flexibility index (Phi) is 5.98. The van der Waals surface area contributed by atoms with Gasteiger partial charge in [-0.1, -0.05) is 19.8 Å². The molecular weight excluding hydrogens is 352 g/mol. The first-order valence-electron chi connectivity index (χ1n) is 9.98. The Labute approximate surface area is 166 Å². The summed E-state index contributed by atoms with van der Waals surface area (Å²) in [5.41, 5.74) is 9.87. The van der Waals surface area contributed by atoms with Crippen molar-refractivity contribution in [2.45, 2.75) is 52.5 Å². The van der Waals surface area contributed by atoms with Crippen LogP contribution in [0.1, 0.15) is 43.9 Å². The Balaban J connectivity index is 1.72. The molecule has 28 heavy (non-hydrogen) atoms. The number of nitrogens with two attached hydrogens (primary N) is 1. The molecule has 0 aliphatic heterocycles. The standard InChI is InChI=1S/C22H30N4O2/c1-13-5-7-16(8-6-13)21(23)22(28)25-18-10-9-17(12-24-18)20-14(2)11-19(27)26(4)15(20)3/h9-13,16,21H,5-8,23H2,1-4H3,(H,24,25,28)/t13?,16?,21-/m0/s1. The molecule has 6 heteroatoms. The second kappa shape index (κ2) is 8.27. The van der Waals surface area contributed by atoms with Crippen molar-refractivity contribution < 1.29 is 4.79 Å². The summed E-state index contributed by atoms with van der Waals surface area (Å²) in [4.78, 5) is 28.8. The molecule has 0 radical (unpaired) electrons. The summed E-state index contributed by atoms with van der Waals surface area (Å²) < 4.78 is 1.63. The lowest BCUT2D eigenvalue weighted by Gasteiger charge is -2.29. The zero-order valence-electron chi connectivity index (χ0n) is 17.2. The summed E-state index contributed by atoms with van der Waals surface area (Å²) in [5.74, 6) is 1.29. The number of hydrogen-bond acceptors (Lipinski definition) is 4. The van der Waals surface area contributed by atoms with Gasteiger partial charge >= 0.3 is 0 Å². The zero-order chi connectivity index (χ0) is 20.4. The van der Waals surface area contributed by atoms with Crippen molar-refractivity contribution in [3.05, 3.63) is 46.0 Å². The van der Waals surface area contributed by atoms with Crippen molar-refractivity contribution in [1.82, 2.24) is 9.55 Å². The molecule has 1 aliphatic rings. The molecule has 1 fully saturated rings. The van der Waals surface area contributed by atoms with Gasteiger partial charge in [-0.3, -0.25) is 9.59 Å². The molecule has 0 unspecified atom stereocenters. The van der Waals surface area contributed by atoms with Gasteiger partial charge in [-0.15, -0.1) is 0 Å². The molecule has 1 amide bonds. The molecule has 3 N–H and O–H groups in total. The van der Waals surface area contributed by atoms with Crippen molar-refractivity contribution in [3.63, 3.8) is 0 Å². The summed E-state index contributed by atoms with van der Waals surface area (Å²) in [7, 11) is 1.76. The number of carbonyl (C=O) groups is 1. The Hall–Kier alpha value is -2.47. The first-order chi connectivity index (χ1) is 13.3. The molecule has 0 aromatic carbocycles. The summed E-state index contributed by atoms with van der Waals surface area (Å²) in [5, 5.41) is 2.85. The first kappa shape index (κ1) is 20.3. The van der Waals surface area contributed by atoms with E-state index in [9.17, 15) is 9.59 Å². The summed E-state index contributed by atoms with van der Waals surface area (Å²) in [6.45, 7) is 6.09. The van der Waals surface area contributed by atoms with Crippen LogP contribution < -0.4 is 16.6 Å². The van der Waals surface area contributed by atoms with E-state index in [-0.39, 0.29) is 17.4 Å². The third kappa shape index (κ3) is 4.17. The average Bonchev–Trinajstić information content (AvgIpc) is 2.67. The fraction of sp³-hybridized carbons (Fsp3) is 0.500. The molecule has 1 aliphatic carbocycles. The Morgan fingerprint density at radius 1 is 1.25 bits per heavy atom. The van der Waals surface area contributed by atoms with Crippen LogP contribution in [0.3, 0.4) is 0 Å². The maximum Gasteiger partial charge on any atom is 0.250 e. The van der Waals surface area contributed by atoms with Gasteiger partial charge in [0.25, 0.3) is 5.56 Å². The van der Waals surface area contributed by atoms with Crippen molar-refractivity contribution in [3.8, 4) is 11.1 Å². The molecule has 6 nitrogen and oxygen atoms in total. The van der Waals surface area contributed by atoms with Gasteiger partial charge in [-0.05, 0) is 56.2 Å². The number of carbonyl (C=O) groups excluding carboxylic acids is 1. The van der Waals surface area contributed by atoms with E-state index in [1.807, 2.05) is 19.9 Å². The SMILES string of the molecule is Cc1cc(=O)n(C)c(C)c1-c1ccc(NC(=O)[C@@H](N)C2CCC(C)CC2)nc1. The number of pyridine rings is 2. The Morgan fingerprint density at radius 2 is 1.93 bits per heavy atom. The maximum atomic E-state index is 12.5. The van der Waals surface area contributed by atoms with E-state index in [4.69, 9.17) is 5.73 Å². The monoisotopic (exact) mass is 382 g/mol. The van der Waals surface area contributed by atoms with Crippen molar-refractivity contribution in [2.75, 3.05) is 5.32 Å². The molecular formula is C22H30N4O2. The molecule has 1 atom stereocenters. The number of aromatic nitrogens is 2. The van der Waals surface area contributed by atoms with Gasteiger partial charge in [0.2, 0.25) is 5.91 Å². The largest absolute Gasteiger partial charge is 0.320 e. The van der Waals surface area contributed by atoms with Crippen LogP contribution in [0.15, 0.2) is 29.2 Å². The predicted molar refractivity (Wildman–Crippen MR) is 112 cm³/mol. The van der Waals surface area contributed by atoms with E-state index in [2.05, 4.69) is 17.2 Å². The number of amides is 1. The van der Waals surface area contributed by atoms with Crippen LogP contribution in [-0.4, -0.2) is 21.5 Å². The Morgan fingerprint density at radius 3 is 2.54 bits per heavy atom. The van der Waals surface area contributed by atoms with E-state index >= 15 is 0 Å². The molecule has 2 heterocycles. The fourth-order valence-corrected chi connectivity index (χ4v) is 4.09. The lowest BCUT2D eigenvalue weighted by molar-refractivity contribution is -0.118. The predicted octanol–water partition coefficient (Wildman–Crippen LogP) is 3.16. The molecule has 150 valence electrons. The highest BCUT2D eigenvalue weighted by atomic mass is 16.2. The molecule has 3 rings (SSSR count). The van der Waals surface area contributed by atoms with Crippen LogP contribution in [0.5, 0.6) is 0 Å². The van der Waals surface area contributed by atoms with Gasteiger partial charge in [-0.25, -0.2) is 4.98 Å². The first-order valence-corrected chi connectivity index (χ1v) is 9.98. The molecule has 2 aromatic rings. The van der Waals surface area contributed by atoms with Gasteiger partial charge in [0.15, 0.2) is 0 Å². The number of rotatable bonds is 4. The van der Waals surface area contributed by atoms with Gasteiger partial charge in [-0.2, -0.15) is 0 Å². The van der Waals surface area contributed by atoms with E-state index in [0.717, 1.165) is 54.0 Å². The van der Waals surface area contributed by atoms with Crippen molar-refractivity contribution in [2.24, 2.45) is 24.6 Å². The third-order valence-electron chi connectivity index (χ3n) is 6.10. The van der Waals surface area contributed by atoms with Gasteiger partial charge < -0.3 is 15.6 Å². The topological polar surface area (TPSA) is 90.0 Å². The minimum atomic E-state index is -0.498. The number of nitrogens with one attached hydrogen (secondary N) is 1. The van der Waals surface area contributed by atoms with E-state index in [1.165, 1.54) is 0 Å². The van der Waals surface area contributed by atoms with E-state index in [0.29, 0.717) is 5.82 Å². The average molecular weight is 383 g/mol. The number of nitrogens with zero attached hydrogens (tertiary/aromatic N) is 2. The minimum absolute atomic E-state index is 0.0262. The normalized spacial score (nSPS) is 20.6. The fourth-order valence-electron chi connectivity index (χ4n) is 4.09. The van der Waals surface area contributed by atoms with E-state index < -0.39 is 6.04 Å². The Bertz CT molecular complexity index is 909. The van der Waals surface area contributed by atoms with Crippen LogP contribution in [0.4, 0.5) is 5.82 Å². The highest BCUT2D eigenvalue weighted by molar-refractivity contribution is 5.94. The summed E-state index contributed by atoms with van der Waals surface area (Å²) in [6, 6.07) is 4.83. The second-order valence-electron chi connectivity index (χ2n) is 8.15. The van der Waals surface area contributed by atoms with E-state index in [1.54, 1.807) is 29.9 Å². The van der Waals surface area contributed by atoms with Crippen LogP contribution in [-0.2, 0) is 11.8 Å². The van der Waals surface area contributed by atoms with Gasteiger partial charge in [0.1, 0.15) is 5.82 Å². The lowest BCUT2D eigenvalue weighted by atomic mass is 9.79. The van der Waals surface area contributed by atoms with Gasteiger partial charge in [0, 0.05) is 36.1 Å². The second-order valence-corrected chi connectivity index (χ2v) is 8.15. The quantitative estimate of drug-likeness (QED) is 0.850. The highest BCUT2D eigenvalue weighted by Gasteiger charge is 2.28. The number of aryl methyl sites for hydroxylation is 1. The van der Waals surface area contributed by atoms with Crippen LogP contribution in [0, 0.1) is 25.7 Å². The number of anilines is 1. The minimum Gasteiger partial charge on any atom is -0.320 e. The molecule has 1 saturated carbocycles. The van der Waals surface area contributed by atoms with Crippen LogP contribution in [0.2, 0.25) is 0 Å². The smallest absolute Gasteiger partial charge is 0.250 e. The summed E-state index contributed by atoms with van der Waals surface area (Å²) >= 11 is 0. The highest BCUT2D eigenvalue weighted by Crippen LogP contribution is 2.30. The molecule has 0 saturated heterocycles. The number of hydrogen-bond donors (Lipinski definition) is 2.